The quantitative estimate of drug-likeness (QED) is 0.843. The summed E-state index contributed by atoms with van der Waals surface area (Å²) in [5.74, 6) is 0.422. The Morgan fingerprint density at radius 3 is 2.91 bits per heavy atom. The van der Waals surface area contributed by atoms with E-state index < -0.39 is 0 Å². The number of nitrogens with zero attached hydrogens (tertiary/aromatic N) is 2. The van der Waals surface area contributed by atoms with Gasteiger partial charge in [0.05, 0.1) is 17.4 Å². The topological polar surface area (TPSA) is 95.2 Å². The smallest absolute Gasteiger partial charge is 0.258 e. The number of carbonyl (C=O) groups is 2. The number of piperazine rings is 1. The van der Waals surface area contributed by atoms with Crippen LogP contribution in [0.5, 0.6) is 0 Å². The highest BCUT2D eigenvalue weighted by atomic mass is 16.2. The van der Waals surface area contributed by atoms with Gasteiger partial charge in [0.15, 0.2) is 0 Å². The van der Waals surface area contributed by atoms with E-state index in [2.05, 4.69) is 15.3 Å². The van der Waals surface area contributed by atoms with Crippen LogP contribution in [0, 0.1) is 0 Å². The lowest BCUT2D eigenvalue weighted by Crippen LogP contribution is -2.49. The summed E-state index contributed by atoms with van der Waals surface area (Å²) in [7, 11) is 0. The summed E-state index contributed by atoms with van der Waals surface area (Å²) in [6.45, 7) is 1.18. The van der Waals surface area contributed by atoms with E-state index in [9.17, 15) is 14.4 Å². The summed E-state index contributed by atoms with van der Waals surface area (Å²) in [5.41, 5.74) is 0.495. The molecule has 7 heteroatoms. The van der Waals surface area contributed by atoms with Crippen LogP contribution in [0.15, 0.2) is 29.1 Å². The fraction of sp³-hybridized carbons (Fsp3) is 0.375. The number of rotatable bonds is 4. The lowest BCUT2D eigenvalue weighted by atomic mass is 10.2. The molecule has 1 aliphatic heterocycles. The number of H-pyrrole nitrogens is 1. The molecule has 0 radical (unpaired) electrons. The molecule has 0 aliphatic carbocycles. The summed E-state index contributed by atoms with van der Waals surface area (Å²) >= 11 is 0. The lowest BCUT2D eigenvalue weighted by molar-refractivity contribution is -0.138. The molecule has 1 fully saturated rings. The second-order valence-corrected chi connectivity index (χ2v) is 5.55. The standard InChI is InChI=1S/C16H18N4O3/c21-14-10-20(9-8-17-14)15(22)7-3-6-13-18-12-5-2-1-4-11(12)16(23)19-13/h1-2,4-5H,3,6-10H2,(H,17,21)(H,18,19,23). The molecule has 7 nitrogen and oxygen atoms in total. The van der Waals surface area contributed by atoms with Gasteiger partial charge in [-0.05, 0) is 18.6 Å². The number of nitrogens with one attached hydrogen (secondary N) is 2. The van der Waals surface area contributed by atoms with E-state index >= 15 is 0 Å². The van der Waals surface area contributed by atoms with Crippen LogP contribution in [0.3, 0.4) is 0 Å². The maximum absolute atomic E-state index is 12.1. The first-order valence-corrected chi connectivity index (χ1v) is 7.66. The van der Waals surface area contributed by atoms with Gasteiger partial charge in [-0.15, -0.1) is 0 Å². The number of aromatic amines is 1. The van der Waals surface area contributed by atoms with Gasteiger partial charge in [-0.3, -0.25) is 14.4 Å². The number of hydrogen-bond acceptors (Lipinski definition) is 4. The third-order valence-electron chi connectivity index (χ3n) is 3.86. The number of aromatic nitrogens is 2. The Morgan fingerprint density at radius 1 is 1.26 bits per heavy atom. The fourth-order valence-electron chi connectivity index (χ4n) is 2.67. The summed E-state index contributed by atoms with van der Waals surface area (Å²) in [4.78, 5) is 44.0. The van der Waals surface area contributed by atoms with Crippen molar-refractivity contribution >= 4 is 22.7 Å². The largest absolute Gasteiger partial charge is 0.353 e. The Labute approximate surface area is 132 Å². The monoisotopic (exact) mass is 314 g/mol. The van der Waals surface area contributed by atoms with E-state index in [0.717, 1.165) is 0 Å². The highest BCUT2D eigenvalue weighted by Gasteiger charge is 2.20. The number of amides is 2. The number of benzene rings is 1. The maximum Gasteiger partial charge on any atom is 0.258 e. The van der Waals surface area contributed by atoms with E-state index in [4.69, 9.17) is 0 Å². The zero-order valence-corrected chi connectivity index (χ0v) is 12.7. The summed E-state index contributed by atoms with van der Waals surface area (Å²) in [6.07, 6.45) is 1.44. The lowest BCUT2D eigenvalue weighted by Gasteiger charge is -2.26. The van der Waals surface area contributed by atoms with Crippen molar-refractivity contribution in [2.45, 2.75) is 19.3 Å². The molecule has 0 atom stereocenters. The average Bonchev–Trinajstić information content (AvgIpc) is 2.55. The molecule has 0 saturated carbocycles. The first-order valence-electron chi connectivity index (χ1n) is 7.66. The SMILES string of the molecule is O=C1CN(C(=O)CCCc2nc3ccccc3c(=O)[nH]2)CCN1. The van der Waals surface area contributed by atoms with Gasteiger partial charge in [0, 0.05) is 25.9 Å². The van der Waals surface area contributed by atoms with Crippen LogP contribution in [-0.2, 0) is 16.0 Å². The molecule has 1 saturated heterocycles. The predicted octanol–water partition coefficient (Wildman–Crippen LogP) is 0.204. The molecule has 2 amide bonds. The maximum atomic E-state index is 12.1. The van der Waals surface area contributed by atoms with E-state index in [0.29, 0.717) is 49.1 Å². The minimum Gasteiger partial charge on any atom is -0.353 e. The average molecular weight is 314 g/mol. The summed E-state index contributed by atoms with van der Waals surface area (Å²) in [6, 6.07) is 7.16. The van der Waals surface area contributed by atoms with Gasteiger partial charge < -0.3 is 15.2 Å². The Morgan fingerprint density at radius 2 is 2.09 bits per heavy atom. The minimum absolute atomic E-state index is 0.0389. The molecular weight excluding hydrogens is 296 g/mol. The first-order chi connectivity index (χ1) is 11.1. The van der Waals surface area contributed by atoms with Gasteiger partial charge in [0.1, 0.15) is 5.82 Å². The van der Waals surface area contributed by atoms with Crippen molar-refractivity contribution in [2.24, 2.45) is 0 Å². The van der Waals surface area contributed by atoms with Crippen molar-refractivity contribution in [3.05, 3.63) is 40.4 Å². The number of aryl methyl sites for hydroxylation is 1. The van der Waals surface area contributed by atoms with Crippen LogP contribution in [0.2, 0.25) is 0 Å². The molecule has 23 heavy (non-hydrogen) atoms. The van der Waals surface area contributed by atoms with Gasteiger partial charge in [0.2, 0.25) is 11.8 Å². The fourth-order valence-corrected chi connectivity index (χ4v) is 2.67. The third kappa shape index (κ3) is 3.56. The van der Waals surface area contributed by atoms with Crippen LogP contribution in [0.4, 0.5) is 0 Å². The van der Waals surface area contributed by atoms with Crippen LogP contribution >= 0.6 is 0 Å². The van der Waals surface area contributed by atoms with Crippen LogP contribution in [0.25, 0.3) is 10.9 Å². The Hall–Kier alpha value is -2.70. The van der Waals surface area contributed by atoms with Crippen molar-refractivity contribution in [1.82, 2.24) is 20.2 Å². The highest BCUT2D eigenvalue weighted by Crippen LogP contribution is 2.08. The van der Waals surface area contributed by atoms with Crippen molar-refractivity contribution in [1.29, 1.82) is 0 Å². The van der Waals surface area contributed by atoms with Gasteiger partial charge in [0.25, 0.3) is 5.56 Å². The minimum atomic E-state index is -0.162. The zero-order valence-electron chi connectivity index (χ0n) is 12.7. The second-order valence-electron chi connectivity index (χ2n) is 5.55. The summed E-state index contributed by atoms with van der Waals surface area (Å²) < 4.78 is 0. The second kappa shape index (κ2) is 6.60. The molecule has 1 aromatic heterocycles. The number of fused-ring (bicyclic) bond motifs is 1. The molecule has 120 valence electrons. The molecule has 2 aromatic rings. The number of para-hydroxylation sites is 1. The van der Waals surface area contributed by atoms with Gasteiger partial charge in [-0.1, -0.05) is 12.1 Å². The number of carbonyl (C=O) groups excluding carboxylic acids is 2. The van der Waals surface area contributed by atoms with Crippen LogP contribution < -0.4 is 10.9 Å². The molecule has 0 spiro atoms. The van der Waals surface area contributed by atoms with E-state index in [1.807, 2.05) is 6.07 Å². The Balaban J connectivity index is 1.59. The van der Waals surface area contributed by atoms with Crippen molar-refractivity contribution in [2.75, 3.05) is 19.6 Å². The van der Waals surface area contributed by atoms with Crippen LogP contribution in [0.1, 0.15) is 18.7 Å². The molecule has 0 unspecified atom stereocenters. The van der Waals surface area contributed by atoms with Crippen LogP contribution in [-0.4, -0.2) is 46.3 Å². The molecular formula is C16H18N4O3. The summed E-state index contributed by atoms with van der Waals surface area (Å²) in [5, 5.41) is 3.25. The number of hydrogen-bond donors (Lipinski definition) is 2. The molecule has 3 rings (SSSR count). The molecule has 1 aliphatic rings. The van der Waals surface area contributed by atoms with E-state index in [1.54, 1.807) is 23.1 Å². The van der Waals surface area contributed by atoms with Gasteiger partial charge in [-0.25, -0.2) is 4.98 Å². The molecule has 2 heterocycles. The predicted molar refractivity (Wildman–Crippen MR) is 84.9 cm³/mol. The highest BCUT2D eigenvalue weighted by molar-refractivity contribution is 5.85. The molecule has 1 aromatic carbocycles. The van der Waals surface area contributed by atoms with E-state index in [-0.39, 0.29) is 23.9 Å². The van der Waals surface area contributed by atoms with Crippen molar-refractivity contribution in [3.63, 3.8) is 0 Å². The first kappa shape index (κ1) is 15.2. The molecule has 2 N–H and O–H groups in total. The van der Waals surface area contributed by atoms with Gasteiger partial charge in [-0.2, -0.15) is 0 Å². The van der Waals surface area contributed by atoms with Gasteiger partial charge >= 0.3 is 0 Å². The Kier molecular flexibility index (Phi) is 4.36. The van der Waals surface area contributed by atoms with E-state index in [1.165, 1.54) is 0 Å². The molecule has 0 bridgehead atoms. The normalized spacial score (nSPS) is 14.8. The van der Waals surface area contributed by atoms with Crippen molar-refractivity contribution < 1.29 is 9.59 Å². The zero-order chi connectivity index (χ0) is 16.2. The Bertz CT molecular complexity index is 799. The third-order valence-corrected chi connectivity index (χ3v) is 3.86. The van der Waals surface area contributed by atoms with Crippen molar-refractivity contribution in [3.8, 4) is 0 Å².